The monoisotopic (exact) mass is 401 g/mol. The van der Waals surface area contributed by atoms with Crippen molar-refractivity contribution in [1.29, 1.82) is 0 Å². The van der Waals surface area contributed by atoms with Crippen LogP contribution in [0.2, 0.25) is 0 Å². The second kappa shape index (κ2) is 7.59. The average molecular weight is 401 g/mol. The number of amides is 1. The van der Waals surface area contributed by atoms with Gasteiger partial charge in [0.2, 0.25) is 5.56 Å². The Hall–Kier alpha value is -1.50. The number of anilines is 1. The third kappa shape index (κ3) is 3.61. The van der Waals surface area contributed by atoms with Gasteiger partial charge in [0.25, 0.3) is 0 Å². The summed E-state index contributed by atoms with van der Waals surface area (Å²) in [7, 11) is 0. The Bertz CT molecular complexity index is 799. The van der Waals surface area contributed by atoms with E-state index in [0.717, 1.165) is 27.9 Å². The van der Waals surface area contributed by atoms with Crippen molar-refractivity contribution in [3.8, 4) is 11.1 Å². The Morgan fingerprint density at radius 3 is 2.71 bits per heavy atom. The molecule has 1 aromatic heterocycles. The van der Waals surface area contributed by atoms with Crippen molar-refractivity contribution in [2.45, 2.75) is 20.0 Å². The summed E-state index contributed by atoms with van der Waals surface area (Å²) in [4.78, 5) is 27.4. The van der Waals surface area contributed by atoms with Crippen molar-refractivity contribution in [2.75, 3.05) is 18.0 Å². The standard InChI is InChI=1S/C17H18N3O3.Y/c1-10-6-15(20-9-13(7-18)23-17(20)22)11(2)5-14(10)12-3-4-16(21)19-8-12;/h3-4,6,8,13H,7,9,18H2,1-2H3,(H,19,21);/q-1;+3. The van der Waals surface area contributed by atoms with Gasteiger partial charge in [0, 0.05) is 6.54 Å². The summed E-state index contributed by atoms with van der Waals surface area (Å²) < 4.78 is 5.21. The zero-order valence-corrected chi connectivity index (χ0v) is 16.5. The Balaban J connectivity index is 0.00000208. The molecule has 1 saturated heterocycles. The maximum Gasteiger partial charge on any atom is 3.00 e. The number of aromatic nitrogens is 1. The van der Waals surface area contributed by atoms with Crippen LogP contribution in [0.15, 0.2) is 29.2 Å². The van der Waals surface area contributed by atoms with Crippen LogP contribution < -0.4 is 16.2 Å². The third-order valence-electron chi connectivity index (χ3n) is 3.94. The first-order valence-electron chi connectivity index (χ1n) is 7.40. The minimum Gasteiger partial charge on any atom is -0.443 e. The molecule has 0 radical (unpaired) electrons. The summed E-state index contributed by atoms with van der Waals surface area (Å²) in [5.74, 6) is 0. The second-order valence-electron chi connectivity index (χ2n) is 5.63. The second-order valence-corrected chi connectivity index (χ2v) is 5.63. The number of hydrogen-bond donors (Lipinski definition) is 2. The van der Waals surface area contributed by atoms with E-state index in [1.807, 2.05) is 19.9 Å². The molecular formula is C17H18N3O3Y+2. The van der Waals surface area contributed by atoms with Gasteiger partial charge in [0.15, 0.2) is 0 Å². The summed E-state index contributed by atoms with van der Waals surface area (Å²) in [5.41, 5.74) is 9.77. The Morgan fingerprint density at radius 2 is 2.12 bits per heavy atom. The van der Waals surface area contributed by atoms with Crippen LogP contribution in [0, 0.1) is 19.9 Å². The number of benzene rings is 1. The first-order chi connectivity index (χ1) is 11.0. The number of aromatic amines is 1. The van der Waals surface area contributed by atoms with Crippen LogP contribution >= 0.6 is 0 Å². The Labute approximate surface area is 165 Å². The van der Waals surface area contributed by atoms with E-state index in [0.29, 0.717) is 13.1 Å². The largest absolute Gasteiger partial charge is 3.00 e. The van der Waals surface area contributed by atoms with Crippen LogP contribution in [0.3, 0.4) is 0 Å². The molecule has 1 aliphatic rings. The van der Waals surface area contributed by atoms with Crippen molar-refractivity contribution in [2.24, 2.45) is 5.73 Å². The van der Waals surface area contributed by atoms with Crippen molar-refractivity contribution in [3.05, 3.63) is 51.9 Å². The van der Waals surface area contributed by atoms with Crippen LogP contribution in [0.1, 0.15) is 11.1 Å². The number of rotatable bonds is 3. The molecule has 2 heterocycles. The van der Waals surface area contributed by atoms with Crippen molar-refractivity contribution < 1.29 is 42.2 Å². The normalized spacial score (nSPS) is 16.7. The van der Waals surface area contributed by atoms with Crippen molar-refractivity contribution in [1.82, 2.24) is 4.98 Å². The first-order valence-corrected chi connectivity index (χ1v) is 7.40. The van der Waals surface area contributed by atoms with E-state index >= 15 is 0 Å². The molecule has 7 heteroatoms. The van der Waals surface area contributed by atoms with E-state index in [-0.39, 0.29) is 50.5 Å². The quantitative estimate of drug-likeness (QED) is 0.767. The fourth-order valence-electron chi connectivity index (χ4n) is 2.72. The number of nitrogens with one attached hydrogen (secondary N) is 1. The molecule has 1 aliphatic heterocycles. The molecule has 3 rings (SSSR count). The van der Waals surface area contributed by atoms with Gasteiger partial charge in [-0.15, -0.1) is 28.8 Å². The smallest absolute Gasteiger partial charge is 0.443 e. The van der Waals surface area contributed by atoms with Gasteiger partial charge in [-0.05, 0) is 18.0 Å². The van der Waals surface area contributed by atoms with E-state index in [1.165, 1.54) is 6.07 Å². The number of nitrogens with two attached hydrogens (primary N) is 1. The summed E-state index contributed by atoms with van der Waals surface area (Å²) in [6, 6.07) is 8.48. The van der Waals surface area contributed by atoms with Gasteiger partial charge >= 0.3 is 38.8 Å². The molecule has 24 heavy (non-hydrogen) atoms. The number of hydrogen-bond acceptors (Lipinski definition) is 4. The Kier molecular flexibility index (Phi) is 5.96. The number of nitrogens with zero attached hydrogens (tertiary/aromatic N) is 1. The van der Waals surface area contributed by atoms with Gasteiger partial charge in [-0.3, -0.25) is 4.79 Å². The van der Waals surface area contributed by atoms with E-state index in [9.17, 15) is 9.59 Å². The molecule has 0 spiro atoms. The molecule has 1 aromatic carbocycles. The minimum absolute atomic E-state index is 0. The van der Waals surface area contributed by atoms with Crippen molar-refractivity contribution >= 4 is 11.8 Å². The fraction of sp³-hybridized carbons (Fsp3) is 0.294. The van der Waals surface area contributed by atoms with Gasteiger partial charge < -0.3 is 20.4 Å². The molecule has 1 fully saturated rings. The van der Waals surface area contributed by atoms with E-state index in [1.54, 1.807) is 17.2 Å². The zero-order chi connectivity index (χ0) is 16.6. The zero-order valence-electron chi connectivity index (χ0n) is 13.6. The predicted octanol–water partition coefficient (Wildman–Crippen LogP) is 1.74. The van der Waals surface area contributed by atoms with Crippen LogP contribution in [0.5, 0.6) is 0 Å². The minimum atomic E-state index is -0.381. The van der Waals surface area contributed by atoms with Gasteiger partial charge in [-0.1, -0.05) is 25.5 Å². The number of cyclic esters (lactones) is 1. The molecule has 0 saturated carbocycles. The maximum atomic E-state index is 12.0. The summed E-state index contributed by atoms with van der Waals surface area (Å²) in [6.07, 6.45) is 1.00. The molecule has 120 valence electrons. The van der Waals surface area contributed by atoms with Crippen LogP contribution in [0.25, 0.3) is 11.1 Å². The van der Waals surface area contributed by atoms with Crippen LogP contribution in [-0.4, -0.2) is 30.3 Å². The number of ether oxygens (including phenoxy) is 1. The maximum absolute atomic E-state index is 12.0. The summed E-state index contributed by atoms with van der Waals surface area (Å²) >= 11 is 0. The molecule has 1 amide bonds. The molecule has 0 aliphatic carbocycles. The van der Waals surface area contributed by atoms with E-state index in [4.69, 9.17) is 10.5 Å². The summed E-state index contributed by atoms with van der Waals surface area (Å²) in [6.45, 7) is 4.59. The molecule has 0 bridgehead atoms. The fourth-order valence-corrected chi connectivity index (χ4v) is 2.72. The molecular weight excluding hydrogens is 383 g/mol. The predicted molar refractivity (Wildman–Crippen MR) is 87.5 cm³/mol. The van der Waals surface area contributed by atoms with Gasteiger partial charge in [0.1, 0.15) is 6.10 Å². The first kappa shape index (κ1) is 18.8. The number of pyridine rings is 1. The SMILES string of the molecule is Cc1[c-]c(-c2ccc(=O)[nH]c2)c(C)cc1N1CC(CN)OC1=O.[Y+3]. The number of H-pyrrole nitrogens is 1. The number of carbonyl (C=O) groups is 1. The van der Waals surface area contributed by atoms with Crippen LogP contribution in [0.4, 0.5) is 10.5 Å². The van der Waals surface area contributed by atoms with Gasteiger partial charge in [-0.2, -0.15) is 0 Å². The molecule has 1 unspecified atom stereocenters. The molecule has 1 atom stereocenters. The number of aryl methyl sites for hydroxylation is 2. The van der Waals surface area contributed by atoms with Crippen LogP contribution in [-0.2, 0) is 37.4 Å². The van der Waals surface area contributed by atoms with Crippen molar-refractivity contribution in [3.63, 3.8) is 0 Å². The van der Waals surface area contributed by atoms with Gasteiger partial charge in [-0.25, -0.2) is 4.79 Å². The molecule has 2 aromatic rings. The average Bonchev–Trinajstić information content (AvgIpc) is 2.91. The Morgan fingerprint density at radius 1 is 1.38 bits per heavy atom. The summed E-state index contributed by atoms with van der Waals surface area (Å²) in [5, 5.41) is 0. The number of carbonyl (C=O) groups excluding carboxylic acids is 1. The van der Waals surface area contributed by atoms with E-state index < -0.39 is 0 Å². The molecule has 6 nitrogen and oxygen atoms in total. The van der Waals surface area contributed by atoms with Gasteiger partial charge in [0.05, 0.1) is 6.54 Å². The third-order valence-corrected chi connectivity index (χ3v) is 3.94. The topological polar surface area (TPSA) is 88.4 Å². The molecule has 3 N–H and O–H groups in total. The van der Waals surface area contributed by atoms with E-state index in [2.05, 4.69) is 11.1 Å².